The first kappa shape index (κ1) is 20.4. The third-order valence-corrected chi connectivity index (χ3v) is 3.33. The van der Waals surface area contributed by atoms with Crippen LogP contribution in [0.25, 0.3) is 0 Å². The predicted octanol–water partition coefficient (Wildman–Crippen LogP) is 4.64. The Balaban J connectivity index is 3.14. The topological polar surface area (TPSA) is 36.9 Å². The van der Waals surface area contributed by atoms with Crippen molar-refractivity contribution in [2.45, 2.75) is 71.0 Å². The highest BCUT2D eigenvalue weighted by atomic mass is 16.7. The van der Waals surface area contributed by atoms with Gasteiger partial charge in [0.15, 0.2) is 13.1 Å². The first-order chi connectivity index (χ1) is 10.3. The summed E-state index contributed by atoms with van der Waals surface area (Å²) < 4.78 is 20.8. The Morgan fingerprint density at radius 2 is 1.57 bits per heavy atom. The second-order valence-electron chi connectivity index (χ2n) is 5.16. The summed E-state index contributed by atoms with van der Waals surface area (Å²) in [5, 5.41) is 0. The van der Waals surface area contributed by atoms with Crippen LogP contribution in [0.1, 0.15) is 64.7 Å². The Kier molecular flexibility index (Phi) is 17.0. The van der Waals surface area contributed by atoms with Crippen LogP contribution in [0.2, 0.25) is 0 Å². The predicted molar refractivity (Wildman–Crippen MR) is 86.1 cm³/mol. The van der Waals surface area contributed by atoms with Gasteiger partial charge in [-0.1, -0.05) is 45.4 Å². The molecule has 126 valence electrons. The average molecular weight is 302 g/mol. The van der Waals surface area contributed by atoms with Gasteiger partial charge in [-0.3, -0.25) is 0 Å². The maximum absolute atomic E-state index is 5.41. The number of hydrogen-bond donors (Lipinski definition) is 0. The van der Waals surface area contributed by atoms with Crippen LogP contribution in [0.15, 0.2) is 12.3 Å². The lowest BCUT2D eigenvalue weighted by molar-refractivity contribution is -0.105. The van der Waals surface area contributed by atoms with E-state index < -0.39 is 0 Å². The van der Waals surface area contributed by atoms with Gasteiger partial charge in [0.25, 0.3) is 0 Å². The van der Waals surface area contributed by atoms with E-state index in [1.165, 1.54) is 38.5 Å². The number of rotatable bonds is 16. The van der Waals surface area contributed by atoms with Crippen LogP contribution in [-0.4, -0.2) is 33.9 Å². The van der Waals surface area contributed by atoms with Crippen LogP contribution in [0.5, 0.6) is 0 Å². The van der Waals surface area contributed by atoms with Gasteiger partial charge in [-0.25, -0.2) is 0 Å². The summed E-state index contributed by atoms with van der Waals surface area (Å²) in [6, 6.07) is 0. The van der Waals surface area contributed by atoms with Gasteiger partial charge in [0.2, 0.25) is 0 Å². The Bertz CT molecular complexity index is 215. The molecule has 0 N–H and O–H groups in total. The number of hydrogen-bond acceptors (Lipinski definition) is 4. The molecule has 0 aromatic carbocycles. The van der Waals surface area contributed by atoms with E-state index in [1.807, 2.05) is 6.08 Å². The van der Waals surface area contributed by atoms with E-state index in [2.05, 4.69) is 6.92 Å². The molecule has 4 heteroatoms. The molecule has 0 radical (unpaired) electrons. The molecule has 0 rings (SSSR count). The zero-order chi connectivity index (χ0) is 15.6. The summed E-state index contributed by atoms with van der Waals surface area (Å²) in [5.41, 5.74) is 0. The van der Waals surface area contributed by atoms with E-state index in [4.69, 9.17) is 18.9 Å². The molecule has 0 aliphatic heterocycles. The number of ether oxygens (including phenoxy) is 4. The van der Waals surface area contributed by atoms with E-state index in [1.54, 1.807) is 20.5 Å². The van der Waals surface area contributed by atoms with Crippen molar-refractivity contribution in [3.63, 3.8) is 0 Å². The molecule has 0 atom stereocenters. The second-order valence-corrected chi connectivity index (χ2v) is 5.16. The first-order valence-corrected chi connectivity index (χ1v) is 8.25. The Morgan fingerprint density at radius 1 is 0.905 bits per heavy atom. The van der Waals surface area contributed by atoms with E-state index in [-0.39, 0.29) is 6.29 Å². The molecule has 0 aromatic rings. The summed E-state index contributed by atoms with van der Waals surface area (Å²) in [7, 11) is 3.29. The monoisotopic (exact) mass is 302 g/mol. The van der Waals surface area contributed by atoms with Gasteiger partial charge in [-0.05, 0) is 18.9 Å². The van der Waals surface area contributed by atoms with Crippen molar-refractivity contribution in [3.8, 4) is 0 Å². The van der Waals surface area contributed by atoms with Crippen molar-refractivity contribution in [2.24, 2.45) is 0 Å². The summed E-state index contributed by atoms with van der Waals surface area (Å²) in [6.07, 6.45) is 14.3. The third-order valence-electron chi connectivity index (χ3n) is 3.33. The maximum Gasteiger partial charge on any atom is 0.188 e. The lowest BCUT2D eigenvalue weighted by atomic mass is 10.1. The van der Waals surface area contributed by atoms with Gasteiger partial charge in [0.1, 0.15) is 0 Å². The van der Waals surface area contributed by atoms with Crippen molar-refractivity contribution in [1.29, 1.82) is 0 Å². The molecule has 0 bridgehead atoms. The van der Waals surface area contributed by atoms with E-state index in [0.29, 0.717) is 6.79 Å². The minimum Gasteiger partial charge on any atom is -0.475 e. The van der Waals surface area contributed by atoms with Crippen LogP contribution in [0, 0.1) is 0 Å². The fraction of sp³-hybridized carbons (Fsp3) is 0.882. The number of unbranched alkanes of at least 4 members (excludes halogenated alkanes) is 6. The average Bonchev–Trinajstić information content (AvgIpc) is 2.51. The van der Waals surface area contributed by atoms with Crippen LogP contribution in [0.4, 0.5) is 0 Å². The fourth-order valence-electron chi connectivity index (χ4n) is 2.01. The zero-order valence-corrected chi connectivity index (χ0v) is 14.1. The second kappa shape index (κ2) is 17.5. The van der Waals surface area contributed by atoms with Gasteiger partial charge < -0.3 is 18.9 Å². The third kappa shape index (κ3) is 15.6. The minimum absolute atomic E-state index is 0.136. The molecule has 0 amide bonds. The van der Waals surface area contributed by atoms with Crippen LogP contribution < -0.4 is 0 Å². The molecule has 21 heavy (non-hydrogen) atoms. The zero-order valence-electron chi connectivity index (χ0n) is 14.1. The molecule has 0 unspecified atom stereocenters. The Hall–Kier alpha value is -0.580. The quantitative estimate of drug-likeness (QED) is 0.236. The van der Waals surface area contributed by atoms with Gasteiger partial charge in [-0.2, -0.15) is 0 Å². The lowest BCUT2D eigenvalue weighted by Crippen LogP contribution is -2.11. The molecule has 0 saturated carbocycles. The molecule has 0 aliphatic carbocycles. The molecule has 4 nitrogen and oxygen atoms in total. The highest BCUT2D eigenvalue weighted by Gasteiger charge is 2.01. The van der Waals surface area contributed by atoms with Crippen molar-refractivity contribution in [3.05, 3.63) is 12.3 Å². The highest BCUT2D eigenvalue weighted by Crippen LogP contribution is 2.07. The molecule has 0 saturated heterocycles. The largest absolute Gasteiger partial charge is 0.475 e. The highest BCUT2D eigenvalue weighted by molar-refractivity contribution is 4.73. The normalized spacial score (nSPS) is 11.6. The van der Waals surface area contributed by atoms with Crippen LogP contribution in [-0.2, 0) is 18.9 Å². The molecular formula is C17H34O4. The minimum atomic E-state index is -0.136. The van der Waals surface area contributed by atoms with Crippen LogP contribution >= 0.6 is 0 Å². The summed E-state index contributed by atoms with van der Waals surface area (Å²) >= 11 is 0. The Labute approximate surface area is 130 Å². The number of methoxy groups -OCH3 is 2. The van der Waals surface area contributed by atoms with Crippen molar-refractivity contribution in [1.82, 2.24) is 0 Å². The van der Waals surface area contributed by atoms with Gasteiger partial charge in [-0.15, -0.1) is 0 Å². The van der Waals surface area contributed by atoms with Crippen molar-refractivity contribution in [2.75, 3.05) is 27.6 Å². The maximum atomic E-state index is 5.41. The molecule has 0 fully saturated rings. The summed E-state index contributed by atoms with van der Waals surface area (Å²) in [4.78, 5) is 0. The van der Waals surface area contributed by atoms with Gasteiger partial charge in [0.05, 0.1) is 12.9 Å². The van der Waals surface area contributed by atoms with Crippen molar-refractivity contribution >= 4 is 0 Å². The molecule has 0 aliphatic rings. The van der Waals surface area contributed by atoms with E-state index in [0.717, 1.165) is 25.9 Å². The number of allylic oxidation sites excluding steroid dienone is 1. The van der Waals surface area contributed by atoms with Crippen LogP contribution in [0.3, 0.4) is 0 Å². The summed E-state index contributed by atoms with van der Waals surface area (Å²) in [5.74, 6) is 0. The smallest absolute Gasteiger partial charge is 0.188 e. The Morgan fingerprint density at radius 3 is 2.24 bits per heavy atom. The van der Waals surface area contributed by atoms with Gasteiger partial charge >= 0.3 is 0 Å². The fourth-order valence-corrected chi connectivity index (χ4v) is 2.01. The van der Waals surface area contributed by atoms with Crippen molar-refractivity contribution < 1.29 is 18.9 Å². The van der Waals surface area contributed by atoms with Gasteiger partial charge in [0, 0.05) is 20.6 Å². The lowest BCUT2D eigenvalue weighted by Gasteiger charge is -2.11. The SMILES string of the molecule is CCCCCCCCCOCOC=CCCC(OC)OC. The molecule has 0 aromatic heterocycles. The standard InChI is InChI=1S/C17H34O4/c1-4-5-6-7-8-9-11-14-20-16-21-15-12-10-13-17(18-2)19-3/h12,15,17H,4-11,13-14,16H2,1-3H3. The first-order valence-electron chi connectivity index (χ1n) is 8.25. The molecule has 0 heterocycles. The van der Waals surface area contributed by atoms with E-state index >= 15 is 0 Å². The summed E-state index contributed by atoms with van der Waals surface area (Å²) in [6.45, 7) is 3.37. The molecular weight excluding hydrogens is 268 g/mol. The molecule has 0 spiro atoms. The van der Waals surface area contributed by atoms with E-state index in [9.17, 15) is 0 Å².